The average molecular weight is 158 g/mol. The lowest BCUT2D eigenvalue weighted by atomic mass is 10.1. The summed E-state index contributed by atoms with van der Waals surface area (Å²) in [5.41, 5.74) is 7.48. The van der Waals surface area contributed by atoms with Gasteiger partial charge >= 0.3 is 0 Å². The zero-order valence-corrected chi connectivity index (χ0v) is 6.75. The molecule has 1 aliphatic rings. The Morgan fingerprint density at radius 2 is 2.33 bits per heavy atom. The van der Waals surface area contributed by atoms with E-state index in [1.165, 1.54) is 0 Å². The van der Waals surface area contributed by atoms with Crippen LogP contribution in [0.5, 0.6) is 0 Å². The van der Waals surface area contributed by atoms with Crippen LogP contribution in [0.4, 0.5) is 0 Å². The first kappa shape index (κ1) is 7.33. The first-order valence-corrected chi connectivity index (χ1v) is 3.97. The molecule has 60 valence electrons. The molecule has 1 fully saturated rings. The number of nitrogens with two attached hydrogens (primary N) is 1. The van der Waals surface area contributed by atoms with Gasteiger partial charge in [0.2, 0.25) is 0 Å². The second-order valence-corrected chi connectivity index (χ2v) is 3.20. The highest BCUT2D eigenvalue weighted by molar-refractivity contribution is 5.41. The van der Waals surface area contributed by atoms with Crippen LogP contribution in [0, 0.1) is 12.3 Å². The number of pyridine rings is 1. The molecule has 2 nitrogen and oxygen atoms in total. The smallest absolute Gasteiger partial charge is 0.0758 e. The van der Waals surface area contributed by atoms with Gasteiger partial charge in [0.25, 0.3) is 0 Å². The van der Waals surface area contributed by atoms with Crippen LogP contribution in [0.1, 0.15) is 24.1 Å². The van der Waals surface area contributed by atoms with E-state index in [1.807, 2.05) is 12.1 Å². The number of nitrogens with zero attached hydrogens (tertiary/aromatic N) is 1. The highest BCUT2D eigenvalue weighted by Gasteiger charge is 2.42. The first-order chi connectivity index (χ1) is 5.76. The summed E-state index contributed by atoms with van der Waals surface area (Å²) in [5.74, 6) is 2.60. The highest BCUT2D eigenvalue weighted by atomic mass is 14.9. The monoisotopic (exact) mass is 158 g/mol. The molecule has 1 aliphatic carbocycles. The Morgan fingerprint density at radius 1 is 1.58 bits per heavy atom. The summed E-state index contributed by atoms with van der Waals surface area (Å²) in [5, 5.41) is 0. The van der Waals surface area contributed by atoms with Crippen molar-refractivity contribution in [3.63, 3.8) is 0 Å². The van der Waals surface area contributed by atoms with Crippen molar-refractivity contribution in [3.05, 3.63) is 29.6 Å². The molecule has 1 heterocycles. The Bertz CT molecular complexity index is 345. The van der Waals surface area contributed by atoms with Crippen molar-refractivity contribution < 1.29 is 0 Å². The minimum absolute atomic E-state index is 0.219. The number of terminal acetylenes is 1. The number of aromatic nitrogens is 1. The topological polar surface area (TPSA) is 38.9 Å². The van der Waals surface area contributed by atoms with E-state index in [1.54, 1.807) is 6.20 Å². The maximum Gasteiger partial charge on any atom is 0.0758 e. The van der Waals surface area contributed by atoms with Gasteiger partial charge in [-0.25, -0.2) is 0 Å². The van der Waals surface area contributed by atoms with Crippen LogP contribution < -0.4 is 5.73 Å². The van der Waals surface area contributed by atoms with Crippen molar-refractivity contribution >= 4 is 0 Å². The van der Waals surface area contributed by atoms with Crippen molar-refractivity contribution in [1.29, 1.82) is 0 Å². The summed E-state index contributed by atoms with van der Waals surface area (Å²) in [6, 6.07) is 3.72. The van der Waals surface area contributed by atoms with Gasteiger partial charge in [0.05, 0.1) is 11.2 Å². The van der Waals surface area contributed by atoms with E-state index < -0.39 is 0 Å². The minimum atomic E-state index is -0.219. The molecule has 0 radical (unpaired) electrons. The van der Waals surface area contributed by atoms with Gasteiger partial charge in [-0.05, 0) is 25.0 Å². The molecule has 1 aromatic heterocycles. The summed E-state index contributed by atoms with van der Waals surface area (Å²) >= 11 is 0. The Kier molecular flexibility index (Phi) is 1.42. The van der Waals surface area contributed by atoms with Gasteiger partial charge in [-0.3, -0.25) is 4.98 Å². The maximum atomic E-state index is 5.99. The van der Waals surface area contributed by atoms with Crippen LogP contribution in [-0.2, 0) is 5.54 Å². The van der Waals surface area contributed by atoms with Crippen molar-refractivity contribution in [1.82, 2.24) is 4.98 Å². The third-order valence-electron chi connectivity index (χ3n) is 2.22. The largest absolute Gasteiger partial charge is 0.320 e. The Hall–Kier alpha value is -1.33. The lowest BCUT2D eigenvalue weighted by Gasteiger charge is -2.09. The fraction of sp³-hybridized carbons (Fsp3) is 0.300. The summed E-state index contributed by atoms with van der Waals surface area (Å²) < 4.78 is 0. The molecule has 2 N–H and O–H groups in total. The summed E-state index contributed by atoms with van der Waals surface area (Å²) in [4.78, 5) is 4.22. The molecule has 0 saturated heterocycles. The predicted octanol–water partition coefficient (Wildman–Crippen LogP) is 1.01. The Balaban J connectivity index is 2.50. The van der Waals surface area contributed by atoms with Gasteiger partial charge in [0.1, 0.15) is 0 Å². The van der Waals surface area contributed by atoms with Gasteiger partial charge in [-0.15, -0.1) is 6.42 Å². The minimum Gasteiger partial charge on any atom is -0.320 e. The zero-order valence-electron chi connectivity index (χ0n) is 6.75. The number of hydrogen-bond acceptors (Lipinski definition) is 2. The molecule has 0 bridgehead atoms. The molecule has 0 atom stereocenters. The van der Waals surface area contributed by atoms with Crippen LogP contribution in [0.25, 0.3) is 0 Å². The third-order valence-corrected chi connectivity index (χ3v) is 2.22. The van der Waals surface area contributed by atoms with E-state index in [4.69, 9.17) is 12.2 Å². The van der Waals surface area contributed by atoms with Crippen LogP contribution in [0.3, 0.4) is 0 Å². The SMILES string of the molecule is C#Cc1cccnc1C1(N)CC1. The Morgan fingerprint density at radius 3 is 2.92 bits per heavy atom. The lowest BCUT2D eigenvalue weighted by molar-refractivity contribution is 0.705. The lowest BCUT2D eigenvalue weighted by Crippen LogP contribution is -2.21. The van der Waals surface area contributed by atoms with Gasteiger partial charge in [0, 0.05) is 11.8 Å². The molecular weight excluding hydrogens is 148 g/mol. The molecule has 0 amide bonds. The van der Waals surface area contributed by atoms with E-state index in [-0.39, 0.29) is 5.54 Å². The van der Waals surface area contributed by atoms with Gasteiger partial charge in [-0.1, -0.05) is 5.92 Å². The summed E-state index contributed by atoms with van der Waals surface area (Å²) in [7, 11) is 0. The normalized spacial score (nSPS) is 18.3. The molecule has 0 aliphatic heterocycles. The van der Waals surface area contributed by atoms with Gasteiger partial charge in [-0.2, -0.15) is 0 Å². The first-order valence-electron chi connectivity index (χ1n) is 3.97. The summed E-state index contributed by atoms with van der Waals surface area (Å²) in [6.07, 6.45) is 9.07. The van der Waals surface area contributed by atoms with Gasteiger partial charge in [0.15, 0.2) is 0 Å². The van der Waals surface area contributed by atoms with E-state index in [0.29, 0.717) is 0 Å². The second-order valence-electron chi connectivity index (χ2n) is 3.20. The Labute approximate surface area is 71.8 Å². The quantitative estimate of drug-likeness (QED) is 0.619. The van der Waals surface area contributed by atoms with E-state index >= 15 is 0 Å². The van der Waals surface area contributed by atoms with Crippen molar-refractivity contribution in [2.24, 2.45) is 5.73 Å². The fourth-order valence-electron chi connectivity index (χ4n) is 1.29. The van der Waals surface area contributed by atoms with Gasteiger partial charge < -0.3 is 5.73 Å². The van der Waals surface area contributed by atoms with Crippen molar-refractivity contribution in [3.8, 4) is 12.3 Å². The second kappa shape index (κ2) is 2.33. The van der Waals surface area contributed by atoms with Crippen molar-refractivity contribution in [2.45, 2.75) is 18.4 Å². The van der Waals surface area contributed by atoms with Crippen LogP contribution in [0.2, 0.25) is 0 Å². The molecule has 12 heavy (non-hydrogen) atoms. The molecular formula is C10H10N2. The van der Waals surface area contributed by atoms with E-state index in [9.17, 15) is 0 Å². The molecule has 2 heteroatoms. The fourth-order valence-corrected chi connectivity index (χ4v) is 1.29. The third kappa shape index (κ3) is 0.992. The molecule has 1 aromatic rings. The van der Waals surface area contributed by atoms with Crippen molar-refractivity contribution in [2.75, 3.05) is 0 Å². The van der Waals surface area contributed by atoms with E-state index in [0.717, 1.165) is 24.1 Å². The van der Waals surface area contributed by atoms with Crippen LogP contribution >= 0.6 is 0 Å². The number of hydrogen-bond donors (Lipinski definition) is 1. The standard InChI is InChI=1S/C10H10N2/c1-2-8-4-3-7-12-9(8)10(11)5-6-10/h1,3-4,7H,5-6,11H2. The number of rotatable bonds is 1. The molecule has 0 unspecified atom stereocenters. The average Bonchev–Trinajstić information content (AvgIpc) is 2.85. The molecule has 0 aromatic carbocycles. The molecule has 1 saturated carbocycles. The summed E-state index contributed by atoms with van der Waals surface area (Å²) in [6.45, 7) is 0. The molecule has 0 spiro atoms. The maximum absolute atomic E-state index is 5.99. The van der Waals surface area contributed by atoms with E-state index in [2.05, 4.69) is 10.9 Å². The highest BCUT2D eigenvalue weighted by Crippen LogP contribution is 2.42. The zero-order chi connectivity index (χ0) is 8.60. The predicted molar refractivity (Wildman–Crippen MR) is 47.3 cm³/mol. The van der Waals surface area contributed by atoms with Crippen LogP contribution in [0.15, 0.2) is 18.3 Å². The van der Waals surface area contributed by atoms with Crippen LogP contribution in [-0.4, -0.2) is 4.98 Å². The molecule has 2 rings (SSSR count).